The summed E-state index contributed by atoms with van der Waals surface area (Å²) in [6.45, 7) is 1.97. The maximum absolute atomic E-state index is 10.5. The number of hydrogen-bond donors (Lipinski definition) is 1. The lowest BCUT2D eigenvalue weighted by Crippen LogP contribution is -2.47. The zero-order valence-electron chi connectivity index (χ0n) is 20.0. The van der Waals surface area contributed by atoms with Gasteiger partial charge >= 0.3 is 0 Å². The number of methoxy groups -OCH3 is 1. The Morgan fingerprint density at radius 1 is 0.972 bits per heavy atom. The van der Waals surface area contributed by atoms with E-state index in [9.17, 15) is 15.8 Å². The molecule has 0 radical (unpaired) electrons. The summed E-state index contributed by atoms with van der Waals surface area (Å²) >= 11 is 0. The zero-order chi connectivity index (χ0) is 25.3. The van der Waals surface area contributed by atoms with Gasteiger partial charge in [-0.1, -0.05) is 66.7 Å². The molecule has 1 heterocycles. The van der Waals surface area contributed by atoms with Gasteiger partial charge in [0.05, 0.1) is 30.5 Å². The van der Waals surface area contributed by atoms with Crippen LogP contribution in [0.4, 0.5) is 0 Å². The van der Waals surface area contributed by atoms with Gasteiger partial charge in [0.25, 0.3) is 0 Å². The molecule has 1 aliphatic carbocycles. The summed E-state index contributed by atoms with van der Waals surface area (Å²) in [6, 6.07) is 28.6. The number of nitriles is 3. The van der Waals surface area contributed by atoms with Crippen LogP contribution < -0.4 is 10.5 Å². The van der Waals surface area contributed by atoms with E-state index in [2.05, 4.69) is 35.2 Å². The Balaban J connectivity index is 1.72. The molecule has 0 aromatic heterocycles. The largest absolute Gasteiger partial charge is 0.496 e. The molecule has 36 heavy (non-hydrogen) atoms. The third-order valence-electron chi connectivity index (χ3n) is 7.46. The van der Waals surface area contributed by atoms with Gasteiger partial charge in [-0.05, 0) is 28.2 Å². The lowest BCUT2D eigenvalue weighted by atomic mass is 9.57. The van der Waals surface area contributed by atoms with Gasteiger partial charge in [0.2, 0.25) is 0 Å². The van der Waals surface area contributed by atoms with Gasteiger partial charge in [-0.25, -0.2) is 0 Å². The predicted octanol–water partition coefficient (Wildman–Crippen LogP) is 4.77. The SMILES string of the molecule is COc1ccc([C@H]2[C@H]3CN(Cc4ccccc4)CC=C3C(C#N)=C(N)C2(C#N)C#N)c2ccccc12. The summed E-state index contributed by atoms with van der Waals surface area (Å²) in [5.74, 6) is -0.109. The van der Waals surface area contributed by atoms with Crippen LogP contribution in [0.15, 0.2) is 89.6 Å². The Morgan fingerprint density at radius 3 is 2.33 bits per heavy atom. The van der Waals surface area contributed by atoms with Crippen molar-refractivity contribution in [3.05, 3.63) is 101 Å². The van der Waals surface area contributed by atoms with E-state index in [0.717, 1.165) is 34.2 Å². The molecule has 0 saturated heterocycles. The highest BCUT2D eigenvalue weighted by atomic mass is 16.5. The molecule has 5 rings (SSSR count). The first-order valence-corrected chi connectivity index (χ1v) is 11.8. The van der Waals surface area contributed by atoms with Crippen molar-refractivity contribution in [1.29, 1.82) is 15.8 Å². The van der Waals surface area contributed by atoms with Gasteiger partial charge in [-0.15, -0.1) is 0 Å². The van der Waals surface area contributed by atoms with E-state index in [1.807, 2.05) is 60.7 Å². The molecule has 176 valence electrons. The Kier molecular flexibility index (Phi) is 5.95. The molecular weight excluding hydrogens is 446 g/mol. The van der Waals surface area contributed by atoms with Gasteiger partial charge in [-0.2, -0.15) is 15.8 Å². The number of hydrogen-bond acceptors (Lipinski definition) is 6. The van der Waals surface area contributed by atoms with Crippen molar-refractivity contribution in [2.24, 2.45) is 17.1 Å². The Bertz CT molecular complexity index is 1500. The van der Waals surface area contributed by atoms with Crippen LogP contribution in [0.1, 0.15) is 17.0 Å². The van der Waals surface area contributed by atoms with Crippen LogP contribution in [0.25, 0.3) is 10.8 Å². The van der Waals surface area contributed by atoms with E-state index in [-0.39, 0.29) is 17.2 Å². The lowest BCUT2D eigenvalue weighted by molar-refractivity contribution is 0.201. The van der Waals surface area contributed by atoms with Gasteiger partial charge in [0.15, 0.2) is 5.41 Å². The number of rotatable bonds is 4. The fourth-order valence-corrected chi connectivity index (χ4v) is 5.80. The van der Waals surface area contributed by atoms with Crippen molar-refractivity contribution < 1.29 is 4.74 Å². The van der Waals surface area contributed by atoms with Crippen LogP contribution in [0.5, 0.6) is 5.75 Å². The van der Waals surface area contributed by atoms with Crippen molar-refractivity contribution in [2.45, 2.75) is 12.5 Å². The van der Waals surface area contributed by atoms with Crippen molar-refractivity contribution in [3.8, 4) is 24.0 Å². The van der Waals surface area contributed by atoms with Crippen LogP contribution in [0.3, 0.4) is 0 Å². The van der Waals surface area contributed by atoms with Crippen molar-refractivity contribution in [1.82, 2.24) is 4.90 Å². The van der Waals surface area contributed by atoms with Crippen LogP contribution in [-0.2, 0) is 6.54 Å². The van der Waals surface area contributed by atoms with E-state index in [1.54, 1.807) is 7.11 Å². The minimum Gasteiger partial charge on any atom is -0.496 e. The standard InChI is InChI=1S/C30H25N5O/c1-36-27-12-11-24(21-9-5-6-10-23(21)27)28-26-17-35(16-20-7-3-2-4-8-20)14-13-22(26)25(15-31)29(34)30(28,18-32)19-33/h2-13,26,28H,14,16-17,34H2,1H3/t26-,28-/m0/s1. The average Bonchev–Trinajstić information content (AvgIpc) is 2.93. The number of ether oxygens (including phenoxy) is 1. The number of nitrogens with zero attached hydrogens (tertiary/aromatic N) is 4. The maximum Gasteiger partial charge on any atom is 0.191 e. The molecule has 2 aliphatic rings. The summed E-state index contributed by atoms with van der Waals surface area (Å²) in [5, 5.41) is 32.8. The summed E-state index contributed by atoms with van der Waals surface area (Å²) in [4.78, 5) is 2.29. The van der Waals surface area contributed by atoms with Gasteiger partial charge in [0, 0.05) is 36.9 Å². The minimum absolute atomic E-state index is 0.0407. The topological polar surface area (TPSA) is 110 Å². The molecule has 1 aliphatic heterocycles. The Morgan fingerprint density at radius 2 is 1.67 bits per heavy atom. The highest BCUT2D eigenvalue weighted by Gasteiger charge is 2.54. The smallest absolute Gasteiger partial charge is 0.191 e. The number of benzene rings is 3. The summed E-state index contributed by atoms with van der Waals surface area (Å²) in [7, 11) is 1.63. The van der Waals surface area contributed by atoms with Crippen molar-refractivity contribution in [2.75, 3.05) is 20.2 Å². The second kappa shape index (κ2) is 9.23. The molecule has 0 amide bonds. The molecular formula is C30H25N5O. The van der Waals surface area contributed by atoms with Crippen molar-refractivity contribution in [3.63, 3.8) is 0 Å². The summed E-state index contributed by atoms with van der Waals surface area (Å²) < 4.78 is 5.59. The highest BCUT2D eigenvalue weighted by Crippen LogP contribution is 2.55. The molecule has 0 fully saturated rings. The molecule has 0 spiro atoms. The van der Waals surface area contributed by atoms with Crippen LogP contribution >= 0.6 is 0 Å². The first-order valence-electron chi connectivity index (χ1n) is 11.8. The summed E-state index contributed by atoms with van der Waals surface area (Å²) in [6.07, 6.45) is 2.04. The van der Waals surface area contributed by atoms with Gasteiger partial charge in [0.1, 0.15) is 11.8 Å². The van der Waals surface area contributed by atoms with E-state index in [1.165, 1.54) is 5.56 Å². The zero-order valence-corrected chi connectivity index (χ0v) is 20.0. The fraction of sp³-hybridized carbons (Fsp3) is 0.233. The molecule has 3 aromatic rings. The number of allylic oxidation sites excluding steroid dienone is 2. The van der Waals surface area contributed by atoms with E-state index < -0.39 is 11.3 Å². The highest BCUT2D eigenvalue weighted by molar-refractivity contribution is 5.92. The van der Waals surface area contributed by atoms with Crippen LogP contribution in [0.2, 0.25) is 0 Å². The first-order chi connectivity index (χ1) is 17.6. The normalized spacial score (nSPS) is 21.0. The predicted molar refractivity (Wildman–Crippen MR) is 137 cm³/mol. The van der Waals surface area contributed by atoms with Crippen LogP contribution in [0, 0.1) is 45.3 Å². The molecule has 6 nitrogen and oxygen atoms in total. The third kappa shape index (κ3) is 3.50. The molecule has 3 aromatic carbocycles. The second-order valence-electron chi connectivity index (χ2n) is 9.26. The van der Waals surface area contributed by atoms with Gasteiger partial charge in [-0.3, -0.25) is 4.90 Å². The van der Waals surface area contributed by atoms with Gasteiger partial charge < -0.3 is 10.5 Å². The molecule has 0 saturated carbocycles. The molecule has 2 atom stereocenters. The van der Waals surface area contributed by atoms with E-state index >= 15 is 0 Å². The van der Waals surface area contributed by atoms with E-state index in [4.69, 9.17) is 10.5 Å². The minimum atomic E-state index is -1.68. The maximum atomic E-state index is 10.5. The molecule has 6 heteroatoms. The lowest BCUT2D eigenvalue weighted by Gasteiger charge is -2.46. The molecule has 0 unspecified atom stereocenters. The number of nitrogens with two attached hydrogens (primary N) is 1. The quantitative estimate of drug-likeness (QED) is 0.587. The number of fused-ring (bicyclic) bond motifs is 2. The summed E-state index contributed by atoms with van der Waals surface area (Å²) in [5.41, 5.74) is 7.99. The second-order valence-corrected chi connectivity index (χ2v) is 9.26. The van der Waals surface area contributed by atoms with Crippen LogP contribution in [-0.4, -0.2) is 25.1 Å². The molecule has 2 N–H and O–H groups in total. The fourth-order valence-electron chi connectivity index (χ4n) is 5.80. The van der Waals surface area contributed by atoms with Crippen molar-refractivity contribution >= 4 is 10.8 Å². The average molecular weight is 472 g/mol. The molecule has 0 bridgehead atoms. The monoisotopic (exact) mass is 471 g/mol. The first kappa shape index (κ1) is 23.2. The third-order valence-corrected chi connectivity index (χ3v) is 7.46. The van der Waals surface area contributed by atoms with E-state index in [0.29, 0.717) is 13.1 Å². The Hall–Kier alpha value is -4.57. The Labute approximate surface area is 210 Å².